The number of ketones is 1. The second-order valence-electron chi connectivity index (χ2n) is 5.67. The standard InChI is InChI=1S/C17H18N2O7/c1-2-24-7-3-6-18-15(21)16(22)19(17(18)23)9-12(20)11-4-5-13-14(8-11)26-10-25-13/h4-5,8H,2-3,6-7,9-10H2,1H3. The van der Waals surface area contributed by atoms with Crippen LogP contribution in [0.2, 0.25) is 0 Å². The molecule has 9 heteroatoms. The van der Waals surface area contributed by atoms with Gasteiger partial charge in [0, 0.05) is 25.3 Å². The molecule has 2 aliphatic heterocycles. The van der Waals surface area contributed by atoms with Gasteiger partial charge in [-0.15, -0.1) is 0 Å². The molecule has 0 aliphatic carbocycles. The quantitative estimate of drug-likeness (QED) is 0.292. The Hall–Kier alpha value is -2.94. The molecule has 0 bridgehead atoms. The molecular formula is C17H18N2O7. The lowest BCUT2D eigenvalue weighted by molar-refractivity contribution is -0.143. The van der Waals surface area contributed by atoms with E-state index < -0.39 is 30.2 Å². The van der Waals surface area contributed by atoms with Crippen LogP contribution in [-0.2, 0) is 14.3 Å². The summed E-state index contributed by atoms with van der Waals surface area (Å²) in [4.78, 5) is 50.3. The minimum Gasteiger partial charge on any atom is -0.454 e. The number of hydrogen-bond acceptors (Lipinski definition) is 7. The summed E-state index contributed by atoms with van der Waals surface area (Å²) in [5.41, 5.74) is 0.261. The van der Waals surface area contributed by atoms with Gasteiger partial charge in [0.2, 0.25) is 6.79 Å². The van der Waals surface area contributed by atoms with Crippen LogP contribution in [0.25, 0.3) is 0 Å². The van der Waals surface area contributed by atoms with E-state index in [0.29, 0.717) is 36.0 Å². The molecule has 4 amide bonds. The summed E-state index contributed by atoms with van der Waals surface area (Å²) in [6.07, 6.45) is 0.419. The van der Waals surface area contributed by atoms with Crippen molar-refractivity contribution >= 4 is 23.6 Å². The Kier molecular flexibility index (Phi) is 5.17. The Morgan fingerprint density at radius 3 is 2.62 bits per heavy atom. The maximum Gasteiger partial charge on any atom is 0.334 e. The maximum absolute atomic E-state index is 12.4. The highest BCUT2D eigenvalue weighted by atomic mass is 16.7. The number of rotatable bonds is 8. The zero-order chi connectivity index (χ0) is 18.7. The summed E-state index contributed by atoms with van der Waals surface area (Å²) in [6.45, 7) is 2.36. The van der Waals surface area contributed by atoms with Gasteiger partial charge in [0.15, 0.2) is 17.3 Å². The van der Waals surface area contributed by atoms with Crippen LogP contribution in [0, 0.1) is 0 Å². The molecule has 0 saturated carbocycles. The van der Waals surface area contributed by atoms with Gasteiger partial charge >= 0.3 is 17.8 Å². The van der Waals surface area contributed by atoms with E-state index in [9.17, 15) is 19.2 Å². The molecule has 1 aromatic carbocycles. The molecule has 138 valence electrons. The molecule has 2 heterocycles. The Balaban J connectivity index is 1.65. The van der Waals surface area contributed by atoms with Gasteiger partial charge in [0.25, 0.3) is 0 Å². The first-order chi connectivity index (χ1) is 12.5. The number of hydrogen-bond donors (Lipinski definition) is 0. The Morgan fingerprint density at radius 2 is 1.85 bits per heavy atom. The molecule has 0 aromatic heterocycles. The number of nitrogens with zero attached hydrogens (tertiary/aromatic N) is 2. The molecule has 0 N–H and O–H groups in total. The zero-order valence-corrected chi connectivity index (χ0v) is 14.2. The Labute approximate surface area is 149 Å². The number of amides is 4. The molecule has 1 fully saturated rings. The lowest BCUT2D eigenvalue weighted by Crippen LogP contribution is -2.37. The predicted octanol–water partition coefficient (Wildman–Crippen LogP) is 0.815. The molecule has 1 saturated heterocycles. The molecule has 0 unspecified atom stereocenters. The summed E-state index contributed by atoms with van der Waals surface area (Å²) < 4.78 is 15.5. The van der Waals surface area contributed by atoms with Gasteiger partial charge in [-0.3, -0.25) is 19.3 Å². The fourth-order valence-electron chi connectivity index (χ4n) is 2.66. The van der Waals surface area contributed by atoms with Gasteiger partial charge in [-0.25, -0.2) is 9.69 Å². The van der Waals surface area contributed by atoms with Crippen molar-refractivity contribution in [3.05, 3.63) is 23.8 Å². The molecule has 1 aromatic rings. The van der Waals surface area contributed by atoms with Gasteiger partial charge in [-0.1, -0.05) is 0 Å². The molecule has 3 rings (SSSR count). The lowest BCUT2D eigenvalue weighted by atomic mass is 10.1. The normalized spacial score (nSPS) is 16.0. The molecular weight excluding hydrogens is 344 g/mol. The monoisotopic (exact) mass is 362 g/mol. The fourth-order valence-corrected chi connectivity index (χ4v) is 2.66. The van der Waals surface area contributed by atoms with Gasteiger partial charge in [-0.05, 0) is 31.5 Å². The van der Waals surface area contributed by atoms with Crippen LogP contribution in [0.4, 0.5) is 4.79 Å². The van der Waals surface area contributed by atoms with Crippen LogP contribution in [0.3, 0.4) is 0 Å². The minimum atomic E-state index is -1.000. The van der Waals surface area contributed by atoms with Crippen LogP contribution < -0.4 is 9.47 Å². The zero-order valence-electron chi connectivity index (χ0n) is 14.2. The van der Waals surface area contributed by atoms with Crippen molar-refractivity contribution in [2.45, 2.75) is 13.3 Å². The van der Waals surface area contributed by atoms with E-state index >= 15 is 0 Å². The van der Waals surface area contributed by atoms with Gasteiger partial charge < -0.3 is 14.2 Å². The van der Waals surface area contributed by atoms with E-state index in [-0.39, 0.29) is 18.9 Å². The highest BCUT2D eigenvalue weighted by Gasteiger charge is 2.44. The van der Waals surface area contributed by atoms with Gasteiger partial charge in [-0.2, -0.15) is 0 Å². The van der Waals surface area contributed by atoms with E-state index in [0.717, 1.165) is 4.90 Å². The summed E-state index contributed by atoms with van der Waals surface area (Å²) in [5, 5.41) is 0. The summed E-state index contributed by atoms with van der Waals surface area (Å²) in [6, 6.07) is 3.79. The van der Waals surface area contributed by atoms with Crippen molar-refractivity contribution in [3.63, 3.8) is 0 Å². The average Bonchev–Trinajstić information content (AvgIpc) is 3.18. The van der Waals surface area contributed by atoms with Crippen molar-refractivity contribution in [1.29, 1.82) is 0 Å². The van der Waals surface area contributed by atoms with E-state index in [1.54, 1.807) is 6.07 Å². The number of fused-ring (bicyclic) bond motifs is 1. The fraction of sp³-hybridized carbons (Fsp3) is 0.412. The molecule has 9 nitrogen and oxygen atoms in total. The highest BCUT2D eigenvalue weighted by Crippen LogP contribution is 2.32. The molecule has 0 atom stereocenters. The van der Waals surface area contributed by atoms with Crippen molar-refractivity contribution in [2.24, 2.45) is 0 Å². The van der Waals surface area contributed by atoms with E-state index in [1.165, 1.54) is 12.1 Å². The number of benzene rings is 1. The molecule has 26 heavy (non-hydrogen) atoms. The van der Waals surface area contributed by atoms with Crippen molar-refractivity contribution in [3.8, 4) is 11.5 Å². The van der Waals surface area contributed by atoms with E-state index in [1.807, 2.05) is 6.92 Å². The van der Waals surface area contributed by atoms with Crippen LogP contribution in [0.1, 0.15) is 23.7 Å². The molecule has 0 spiro atoms. The van der Waals surface area contributed by atoms with Crippen molar-refractivity contribution in [2.75, 3.05) is 33.1 Å². The lowest BCUT2D eigenvalue weighted by Gasteiger charge is -2.15. The second kappa shape index (κ2) is 7.52. The number of ether oxygens (including phenoxy) is 3. The topological polar surface area (TPSA) is 102 Å². The first-order valence-corrected chi connectivity index (χ1v) is 8.21. The largest absolute Gasteiger partial charge is 0.454 e. The maximum atomic E-state index is 12.4. The second-order valence-corrected chi connectivity index (χ2v) is 5.67. The molecule has 2 aliphatic rings. The van der Waals surface area contributed by atoms with Gasteiger partial charge in [0.05, 0.1) is 6.54 Å². The minimum absolute atomic E-state index is 0.0676. The summed E-state index contributed by atoms with van der Waals surface area (Å²) in [5.74, 6) is -1.46. The first-order valence-electron chi connectivity index (χ1n) is 8.21. The van der Waals surface area contributed by atoms with Crippen LogP contribution in [0.5, 0.6) is 11.5 Å². The number of imide groups is 2. The smallest absolute Gasteiger partial charge is 0.334 e. The summed E-state index contributed by atoms with van der Waals surface area (Å²) in [7, 11) is 0. The third kappa shape index (κ3) is 3.38. The van der Waals surface area contributed by atoms with Crippen LogP contribution in [-0.4, -0.2) is 66.5 Å². The number of carbonyl (C=O) groups excluding carboxylic acids is 4. The number of carbonyl (C=O) groups is 4. The summed E-state index contributed by atoms with van der Waals surface area (Å²) >= 11 is 0. The number of Topliss-reactive ketones (excluding diaryl/α,β-unsaturated/α-hetero) is 1. The Morgan fingerprint density at radius 1 is 1.12 bits per heavy atom. The van der Waals surface area contributed by atoms with Crippen molar-refractivity contribution < 1.29 is 33.4 Å². The predicted molar refractivity (Wildman–Crippen MR) is 86.8 cm³/mol. The number of urea groups is 1. The third-order valence-corrected chi connectivity index (χ3v) is 4.01. The van der Waals surface area contributed by atoms with E-state index in [2.05, 4.69) is 0 Å². The van der Waals surface area contributed by atoms with E-state index in [4.69, 9.17) is 14.2 Å². The SMILES string of the molecule is CCOCCCN1C(=O)C(=O)N(CC(=O)c2ccc3c(c2)OCO3)C1=O. The van der Waals surface area contributed by atoms with Gasteiger partial charge in [0.1, 0.15) is 0 Å². The Bertz CT molecular complexity index is 761. The highest BCUT2D eigenvalue weighted by molar-refractivity contribution is 6.45. The molecule has 0 radical (unpaired) electrons. The first kappa shape index (κ1) is 17.9. The third-order valence-electron chi connectivity index (χ3n) is 4.01. The average molecular weight is 362 g/mol. The van der Waals surface area contributed by atoms with Crippen LogP contribution in [0.15, 0.2) is 18.2 Å². The van der Waals surface area contributed by atoms with Crippen LogP contribution >= 0.6 is 0 Å². The van der Waals surface area contributed by atoms with Crippen molar-refractivity contribution in [1.82, 2.24) is 9.80 Å².